The molecule has 1 aliphatic rings. The summed E-state index contributed by atoms with van der Waals surface area (Å²) in [6.07, 6.45) is 3.02. The van der Waals surface area contributed by atoms with Crippen LogP contribution in [-0.2, 0) is 14.3 Å². The summed E-state index contributed by atoms with van der Waals surface area (Å²) in [5.74, 6) is 2.91. The third-order valence-electron chi connectivity index (χ3n) is 3.79. The van der Waals surface area contributed by atoms with Gasteiger partial charge in [0.15, 0.2) is 0 Å². The first-order valence-electron chi connectivity index (χ1n) is 8.37. The predicted molar refractivity (Wildman–Crippen MR) is 98.2 cm³/mol. The van der Waals surface area contributed by atoms with Gasteiger partial charge in [-0.2, -0.15) is 0 Å². The maximum atomic E-state index is 12.1. The SMILES string of the molecule is C#CC1=C(C)[C@H](OC(=O)Oc2ccccc2)C[C@H](OC(=O)ON=C(C)C)C1. The van der Waals surface area contributed by atoms with Crippen LogP contribution >= 0.6 is 0 Å². The van der Waals surface area contributed by atoms with Gasteiger partial charge in [-0.1, -0.05) is 29.3 Å². The Morgan fingerprint density at radius 3 is 2.48 bits per heavy atom. The summed E-state index contributed by atoms with van der Waals surface area (Å²) >= 11 is 0. The number of benzene rings is 1. The number of para-hydroxylation sites is 1. The molecule has 0 aliphatic heterocycles. The fraction of sp³-hybridized carbons (Fsp3) is 0.350. The quantitative estimate of drug-likeness (QED) is 0.197. The van der Waals surface area contributed by atoms with Crippen molar-refractivity contribution in [2.75, 3.05) is 0 Å². The maximum absolute atomic E-state index is 12.1. The van der Waals surface area contributed by atoms with Crippen molar-refractivity contribution in [2.24, 2.45) is 5.16 Å². The van der Waals surface area contributed by atoms with Crippen LogP contribution in [0.5, 0.6) is 5.75 Å². The van der Waals surface area contributed by atoms with Crippen LogP contribution in [0.3, 0.4) is 0 Å². The van der Waals surface area contributed by atoms with E-state index in [1.54, 1.807) is 51.1 Å². The zero-order valence-corrected chi connectivity index (χ0v) is 15.4. The first kappa shape index (κ1) is 20.0. The molecule has 142 valence electrons. The van der Waals surface area contributed by atoms with Gasteiger partial charge in [-0.05, 0) is 38.5 Å². The lowest BCUT2D eigenvalue weighted by molar-refractivity contribution is -0.00288. The van der Waals surface area contributed by atoms with Crippen molar-refractivity contribution >= 4 is 18.0 Å². The molecular formula is C20H21NO6. The summed E-state index contributed by atoms with van der Waals surface area (Å²) in [4.78, 5) is 28.4. The molecule has 0 N–H and O–H groups in total. The summed E-state index contributed by atoms with van der Waals surface area (Å²) in [6.45, 7) is 5.13. The summed E-state index contributed by atoms with van der Waals surface area (Å²) in [5, 5.41) is 3.54. The highest BCUT2D eigenvalue weighted by Gasteiger charge is 2.32. The Hall–Kier alpha value is -3.27. The molecule has 0 bridgehead atoms. The molecule has 0 unspecified atom stereocenters. The van der Waals surface area contributed by atoms with E-state index in [1.165, 1.54) is 0 Å². The molecule has 2 rings (SSSR count). The molecular weight excluding hydrogens is 350 g/mol. The van der Waals surface area contributed by atoms with Crippen LogP contribution in [0.2, 0.25) is 0 Å². The van der Waals surface area contributed by atoms with Gasteiger partial charge in [-0.25, -0.2) is 9.59 Å². The lowest BCUT2D eigenvalue weighted by Gasteiger charge is -2.29. The molecule has 1 aromatic rings. The van der Waals surface area contributed by atoms with Crippen LogP contribution in [0.15, 0.2) is 46.6 Å². The number of oxime groups is 1. The lowest BCUT2D eigenvalue weighted by atomic mass is 9.88. The molecule has 0 spiro atoms. The van der Waals surface area contributed by atoms with E-state index in [0.717, 1.165) is 5.57 Å². The monoisotopic (exact) mass is 371 g/mol. The first-order chi connectivity index (χ1) is 12.9. The van der Waals surface area contributed by atoms with Crippen molar-refractivity contribution in [3.8, 4) is 18.1 Å². The Balaban J connectivity index is 2.01. The van der Waals surface area contributed by atoms with Crippen molar-refractivity contribution in [3.05, 3.63) is 41.5 Å². The summed E-state index contributed by atoms with van der Waals surface area (Å²) in [7, 11) is 0. The van der Waals surface area contributed by atoms with E-state index >= 15 is 0 Å². The second-order valence-electron chi connectivity index (χ2n) is 6.14. The molecule has 0 saturated heterocycles. The van der Waals surface area contributed by atoms with Crippen LogP contribution in [0.25, 0.3) is 0 Å². The molecule has 0 amide bonds. The van der Waals surface area contributed by atoms with E-state index in [-0.39, 0.29) is 6.42 Å². The summed E-state index contributed by atoms with van der Waals surface area (Å²) in [6, 6.07) is 8.55. The number of rotatable bonds is 4. The van der Waals surface area contributed by atoms with Gasteiger partial charge >= 0.3 is 12.3 Å². The van der Waals surface area contributed by atoms with Crippen LogP contribution in [0.1, 0.15) is 33.6 Å². The minimum absolute atomic E-state index is 0.241. The Morgan fingerprint density at radius 1 is 1.15 bits per heavy atom. The minimum Gasteiger partial charge on any atom is -0.429 e. The largest absolute Gasteiger partial charge is 0.535 e. The van der Waals surface area contributed by atoms with E-state index < -0.39 is 24.5 Å². The molecule has 27 heavy (non-hydrogen) atoms. The van der Waals surface area contributed by atoms with Crippen molar-refractivity contribution in [1.29, 1.82) is 0 Å². The molecule has 0 aromatic heterocycles. The molecule has 7 nitrogen and oxygen atoms in total. The zero-order valence-electron chi connectivity index (χ0n) is 15.4. The number of hydrogen-bond acceptors (Lipinski definition) is 7. The average Bonchev–Trinajstić information content (AvgIpc) is 2.63. The molecule has 0 heterocycles. The lowest BCUT2D eigenvalue weighted by Crippen LogP contribution is -2.33. The normalized spacial score (nSPS) is 18.7. The zero-order chi connectivity index (χ0) is 19.8. The fourth-order valence-corrected chi connectivity index (χ4v) is 2.49. The van der Waals surface area contributed by atoms with Crippen LogP contribution < -0.4 is 4.74 Å². The molecule has 1 aromatic carbocycles. The molecule has 0 fully saturated rings. The minimum atomic E-state index is -0.942. The standard InChI is InChI=1S/C20H21NO6/c1-5-15-11-17(25-20(23)27-21-13(2)3)12-18(14(15)4)26-19(22)24-16-9-7-6-8-10-16/h1,6-10,17-18H,11-12H2,2-4H3/t17-,18-/m1/s1. The highest BCUT2D eigenvalue weighted by molar-refractivity contribution is 5.79. The van der Waals surface area contributed by atoms with Crippen molar-refractivity contribution < 1.29 is 28.6 Å². The van der Waals surface area contributed by atoms with Crippen LogP contribution in [0, 0.1) is 12.3 Å². The third-order valence-corrected chi connectivity index (χ3v) is 3.79. The van der Waals surface area contributed by atoms with E-state index in [0.29, 0.717) is 23.5 Å². The Labute approximate surface area is 157 Å². The van der Waals surface area contributed by atoms with Crippen molar-refractivity contribution in [2.45, 2.75) is 45.8 Å². The smallest absolute Gasteiger partial charge is 0.429 e. The fourth-order valence-electron chi connectivity index (χ4n) is 2.49. The van der Waals surface area contributed by atoms with Crippen LogP contribution in [0.4, 0.5) is 9.59 Å². The van der Waals surface area contributed by atoms with Gasteiger partial charge in [0.1, 0.15) is 18.0 Å². The van der Waals surface area contributed by atoms with Gasteiger partial charge in [0.05, 0.1) is 5.71 Å². The summed E-state index contributed by atoms with van der Waals surface area (Å²) < 4.78 is 15.7. The second kappa shape index (κ2) is 9.43. The van der Waals surface area contributed by atoms with Crippen molar-refractivity contribution in [1.82, 2.24) is 0 Å². The molecule has 2 atom stereocenters. The number of hydrogen-bond donors (Lipinski definition) is 0. The van der Waals surface area contributed by atoms with E-state index in [4.69, 9.17) is 20.6 Å². The molecule has 0 saturated carbocycles. The summed E-state index contributed by atoms with van der Waals surface area (Å²) in [5.41, 5.74) is 1.89. The number of carbonyl (C=O) groups excluding carboxylic acids is 2. The van der Waals surface area contributed by atoms with Crippen molar-refractivity contribution in [3.63, 3.8) is 0 Å². The first-order valence-corrected chi connectivity index (χ1v) is 8.37. The predicted octanol–water partition coefficient (Wildman–Crippen LogP) is 4.23. The Kier molecular flexibility index (Phi) is 7.00. The number of ether oxygens (including phenoxy) is 3. The Morgan fingerprint density at radius 2 is 1.85 bits per heavy atom. The third kappa shape index (κ3) is 6.19. The maximum Gasteiger partial charge on any atom is 0.535 e. The second-order valence-corrected chi connectivity index (χ2v) is 6.14. The molecule has 1 aliphatic carbocycles. The Bertz CT molecular complexity index is 786. The van der Waals surface area contributed by atoms with Gasteiger partial charge in [0, 0.05) is 18.4 Å². The van der Waals surface area contributed by atoms with Crippen LogP contribution in [-0.4, -0.2) is 30.2 Å². The topological polar surface area (TPSA) is 83.4 Å². The average molecular weight is 371 g/mol. The number of nitrogens with zero attached hydrogens (tertiary/aromatic N) is 1. The van der Waals surface area contributed by atoms with E-state index in [2.05, 4.69) is 15.9 Å². The number of terminal acetylenes is 1. The van der Waals surface area contributed by atoms with E-state index in [1.807, 2.05) is 0 Å². The van der Waals surface area contributed by atoms with Gasteiger partial charge < -0.3 is 14.2 Å². The van der Waals surface area contributed by atoms with Gasteiger partial charge in [-0.3, -0.25) is 4.84 Å². The van der Waals surface area contributed by atoms with Gasteiger partial charge in [0.25, 0.3) is 0 Å². The van der Waals surface area contributed by atoms with Gasteiger partial charge in [0.2, 0.25) is 0 Å². The number of carbonyl (C=O) groups is 2. The molecule has 0 radical (unpaired) electrons. The van der Waals surface area contributed by atoms with E-state index in [9.17, 15) is 9.59 Å². The highest BCUT2D eigenvalue weighted by Crippen LogP contribution is 2.29. The van der Waals surface area contributed by atoms with Gasteiger partial charge in [-0.15, -0.1) is 6.42 Å². The molecule has 7 heteroatoms. The highest BCUT2D eigenvalue weighted by atomic mass is 16.8.